The van der Waals surface area contributed by atoms with Gasteiger partial charge in [-0.1, -0.05) is 39.3 Å². The highest BCUT2D eigenvalue weighted by Gasteiger charge is 2.27. The lowest BCUT2D eigenvalue weighted by Gasteiger charge is -2.40. The zero-order chi connectivity index (χ0) is 17.9. The van der Waals surface area contributed by atoms with Gasteiger partial charge >= 0.3 is 5.97 Å². The third-order valence-electron chi connectivity index (χ3n) is 5.14. The summed E-state index contributed by atoms with van der Waals surface area (Å²) >= 11 is 0. The Balaban J connectivity index is 1.93. The Labute approximate surface area is 147 Å². The molecule has 1 heterocycles. The molecule has 3 heteroatoms. The predicted octanol–water partition coefficient (Wildman–Crippen LogP) is 4.79. The van der Waals surface area contributed by atoms with Crippen molar-refractivity contribution >= 4 is 5.97 Å². The van der Waals surface area contributed by atoms with Crippen LogP contribution in [0.2, 0.25) is 0 Å². The van der Waals surface area contributed by atoms with Gasteiger partial charge in [0.25, 0.3) is 0 Å². The van der Waals surface area contributed by atoms with E-state index in [4.69, 9.17) is 4.74 Å². The number of nitrogens with zero attached hydrogens (tertiary/aromatic N) is 1. The van der Waals surface area contributed by atoms with Crippen molar-refractivity contribution in [1.29, 1.82) is 0 Å². The Hall–Kier alpha value is -1.35. The lowest BCUT2D eigenvalue weighted by Crippen LogP contribution is -2.47. The lowest BCUT2D eigenvalue weighted by molar-refractivity contribution is 0.00811. The van der Waals surface area contributed by atoms with E-state index in [1.807, 2.05) is 31.2 Å². The number of hydrogen-bond acceptors (Lipinski definition) is 3. The van der Waals surface area contributed by atoms with Crippen LogP contribution in [-0.2, 0) is 10.2 Å². The van der Waals surface area contributed by atoms with Crippen LogP contribution >= 0.6 is 0 Å². The Morgan fingerprint density at radius 3 is 2.21 bits per heavy atom. The van der Waals surface area contributed by atoms with E-state index < -0.39 is 0 Å². The molecule has 1 aromatic carbocycles. The van der Waals surface area contributed by atoms with E-state index in [-0.39, 0.29) is 17.5 Å². The highest BCUT2D eigenvalue weighted by molar-refractivity contribution is 5.89. The molecular formula is C21H33NO2. The molecule has 134 valence electrons. The number of piperidine rings is 1. The molecular weight excluding hydrogens is 298 g/mol. The van der Waals surface area contributed by atoms with Gasteiger partial charge in [-0.2, -0.15) is 0 Å². The highest BCUT2D eigenvalue weighted by atomic mass is 16.5. The van der Waals surface area contributed by atoms with Crippen molar-refractivity contribution in [3.05, 3.63) is 35.4 Å². The van der Waals surface area contributed by atoms with Gasteiger partial charge in [0.05, 0.1) is 5.56 Å². The average molecular weight is 332 g/mol. The summed E-state index contributed by atoms with van der Waals surface area (Å²) in [5.74, 6) is -0.222. The lowest BCUT2D eigenvalue weighted by atomic mass is 9.87. The molecule has 1 fully saturated rings. The molecule has 0 spiro atoms. The van der Waals surface area contributed by atoms with Crippen molar-refractivity contribution in [2.45, 2.75) is 84.4 Å². The highest BCUT2D eigenvalue weighted by Crippen LogP contribution is 2.24. The van der Waals surface area contributed by atoms with Crippen molar-refractivity contribution in [2.75, 3.05) is 6.54 Å². The largest absolute Gasteiger partial charge is 0.458 e. The van der Waals surface area contributed by atoms with Crippen molar-refractivity contribution in [1.82, 2.24) is 4.90 Å². The molecule has 1 saturated heterocycles. The standard InChI is InChI=1S/C21H33NO2/c1-15-8-7-9-16(2)22(15)14-17(3)24-20(23)18-10-12-19(13-11-18)21(4,5)6/h10-13,15-17H,7-9,14H2,1-6H3/t15-,16-,17+/m0/s1. The molecule has 0 saturated carbocycles. The predicted molar refractivity (Wildman–Crippen MR) is 99.5 cm³/mol. The van der Waals surface area contributed by atoms with Crippen LogP contribution in [0.15, 0.2) is 24.3 Å². The van der Waals surface area contributed by atoms with Crippen LogP contribution in [-0.4, -0.2) is 35.6 Å². The number of carbonyl (C=O) groups excluding carboxylic acids is 1. The molecule has 0 aromatic heterocycles. The molecule has 0 amide bonds. The van der Waals surface area contributed by atoms with E-state index in [9.17, 15) is 4.79 Å². The maximum absolute atomic E-state index is 12.4. The summed E-state index contributed by atoms with van der Waals surface area (Å²) in [6.07, 6.45) is 3.67. The third-order valence-corrected chi connectivity index (χ3v) is 5.14. The second-order valence-corrected chi connectivity index (χ2v) is 8.37. The van der Waals surface area contributed by atoms with Crippen LogP contribution in [0.3, 0.4) is 0 Å². The quantitative estimate of drug-likeness (QED) is 0.743. The zero-order valence-electron chi connectivity index (χ0n) is 16.1. The van der Waals surface area contributed by atoms with E-state index in [1.165, 1.54) is 24.8 Å². The van der Waals surface area contributed by atoms with Crippen LogP contribution in [0, 0.1) is 0 Å². The van der Waals surface area contributed by atoms with Gasteiger partial charge in [0.1, 0.15) is 6.10 Å². The molecule has 0 bridgehead atoms. The molecule has 0 aliphatic carbocycles. The average Bonchev–Trinajstić information content (AvgIpc) is 2.50. The zero-order valence-corrected chi connectivity index (χ0v) is 16.1. The summed E-state index contributed by atoms with van der Waals surface area (Å²) in [7, 11) is 0. The van der Waals surface area contributed by atoms with Crippen LogP contribution < -0.4 is 0 Å². The third kappa shape index (κ3) is 4.83. The van der Waals surface area contributed by atoms with E-state index in [0.717, 1.165) is 6.54 Å². The van der Waals surface area contributed by atoms with Gasteiger partial charge < -0.3 is 4.74 Å². The first-order valence-electron chi connectivity index (χ1n) is 9.25. The molecule has 2 rings (SSSR count). The van der Waals surface area contributed by atoms with Crippen molar-refractivity contribution in [3.63, 3.8) is 0 Å². The Morgan fingerprint density at radius 2 is 1.71 bits per heavy atom. The van der Waals surface area contributed by atoms with Crippen LogP contribution in [0.4, 0.5) is 0 Å². The summed E-state index contributed by atoms with van der Waals surface area (Å²) in [6, 6.07) is 8.94. The molecule has 1 aliphatic heterocycles. The van der Waals surface area contributed by atoms with E-state index in [2.05, 4.69) is 39.5 Å². The Kier molecular flexibility index (Phi) is 6.08. The first-order chi connectivity index (χ1) is 11.2. The minimum absolute atomic E-state index is 0.0935. The minimum Gasteiger partial charge on any atom is -0.458 e. The van der Waals surface area contributed by atoms with Crippen molar-refractivity contribution < 1.29 is 9.53 Å². The molecule has 0 N–H and O–H groups in total. The second-order valence-electron chi connectivity index (χ2n) is 8.37. The molecule has 1 aromatic rings. The summed E-state index contributed by atoms with van der Waals surface area (Å²) in [6.45, 7) is 13.9. The normalized spacial score (nSPS) is 23.8. The number of ether oxygens (including phenoxy) is 1. The van der Waals surface area contributed by atoms with Gasteiger partial charge in [-0.15, -0.1) is 0 Å². The summed E-state index contributed by atoms with van der Waals surface area (Å²) in [5.41, 5.74) is 1.95. The smallest absolute Gasteiger partial charge is 0.338 e. The second kappa shape index (κ2) is 7.69. The van der Waals surface area contributed by atoms with Crippen molar-refractivity contribution in [2.24, 2.45) is 0 Å². The summed E-state index contributed by atoms with van der Waals surface area (Å²) in [5, 5.41) is 0. The molecule has 0 radical (unpaired) electrons. The number of rotatable bonds is 4. The maximum Gasteiger partial charge on any atom is 0.338 e. The van der Waals surface area contributed by atoms with Gasteiger partial charge in [-0.05, 0) is 56.7 Å². The van der Waals surface area contributed by atoms with E-state index in [1.54, 1.807) is 0 Å². The SMILES string of the molecule is C[C@H](CN1[C@@H](C)CCC[C@@H]1C)OC(=O)c1ccc(C(C)(C)C)cc1. The molecule has 24 heavy (non-hydrogen) atoms. The number of hydrogen-bond donors (Lipinski definition) is 0. The first kappa shape index (κ1) is 19.0. The van der Waals surface area contributed by atoms with Crippen molar-refractivity contribution in [3.8, 4) is 0 Å². The number of carbonyl (C=O) groups is 1. The minimum atomic E-state index is -0.222. The van der Waals surface area contributed by atoms with E-state index in [0.29, 0.717) is 17.6 Å². The monoisotopic (exact) mass is 331 g/mol. The maximum atomic E-state index is 12.4. The Bertz CT molecular complexity index is 534. The van der Waals surface area contributed by atoms with Gasteiger partial charge in [0.2, 0.25) is 0 Å². The van der Waals surface area contributed by atoms with Crippen LogP contribution in [0.1, 0.15) is 76.7 Å². The molecule has 3 nitrogen and oxygen atoms in total. The van der Waals surface area contributed by atoms with Crippen LogP contribution in [0.25, 0.3) is 0 Å². The molecule has 0 unspecified atom stereocenters. The first-order valence-corrected chi connectivity index (χ1v) is 9.25. The van der Waals surface area contributed by atoms with Gasteiger partial charge in [-0.25, -0.2) is 4.79 Å². The summed E-state index contributed by atoms with van der Waals surface area (Å²) in [4.78, 5) is 14.9. The van der Waals surface area contributed by atoms with Gasteiger partial charge in [0.15, 0.2) is 0 Å². The molecule has 1 aliphatic rings. The topological polar surface area (TPSA) is 29.5 Å². The number of likely N-dealkylation sites (tertiary alicyclic amines) is 1. The number of esters is 1. The van der Waals surface area contributed by atoms with Gasteiger partial charge in [0, 0.05) is 18.6 Å². The van der Waals surface area contributed by atoms with Gasteiger partial charge in [-0.3, -0.25) is 4.90 Å². The van der Waals surface area contributed by atoms with Crippen LogP contribution in [0.5, 0.6) is 0 Å². The number of benzene rings is 1. The fraction of sp³-hybridized carbons (Fsp3) is 0.667. The Morgan fingerprint density at radius 1 is 1.17 bits per heavy atom. The van der Waals surface area contributed by atoms with E-state index >= 15 is 0 Å². The summed E-state index contributed by atoms with van der Waals surface area (Å²) < 4.78 is 5.68. The molecule has 3 atom stereocenters. The fourth-order valence-electron chi connectivity index (χ4n) is 3.53. The fourth-order valence-corrected chi connectivity index (χ4v) is 3.53.